The van der Waals surface area contributed by atoms with E-state index < -0.39 is 0 Å². The summed E-state index contributed by atoms with van der Waals surface area (Å²) in [6.07, 6.45) is 0. The minimum absolute atomic E-state index is 0.944. The molecule has 0 saturated carbocycles. The molecule has 4 heteroatoms. The SMILES string of the molecule is CN(C)Cc1cc(CN(C)C)cc(-c2ccc(-c3cc(CN(C)C)cc(CN(C)C)c3)cc2)c1. The third-order valence-electron chi connectivity index (χ3n) is 5.65. The predicted octanol–water partition coefficient (Wildman–Crippen LogP) is 5.27. The van der Waals surface area contributed by atoms with Crippen LogP contribution in [0.4, 0.5) is 0 Å². The Labute approximate surface area is 207 Å². The Morgan fingerprint density at radius 2 is 0.588 bits per heavy atom. The van der Waals surface area contributed by atoms with Gasteiger partial charge in [0.05, 0.1) is 0 Å². The van der Waals surface area contributed by atoms with Crippen LogP contribution < -0.4 is 0 Å². The molecule has 0 N–H and O–H groups in total. The van der Waals surface area contributed by atoms with E-state index in [0.29, 0.717) is 0 Å². The van der Waals surface area contributed by atoms with Crippen molar-refractivity contribution in [2.24, 2.45) is 0 Å². The van der Waals surface area contributed by atoms with Crippen molar-refractivity contribution in [3.05, 3.63) is 82.9 Å². The fourth-order valence-electron chi connectivity index (χ4n) is 4.54. The average molecular weight is 459 g/mol. The summed E-state index contributed by atoms with van der Waals surface area (Å²) in [5, 5.41) is 0. The molecule has 3 aromatic carbocycles. The van der Waals surface area contributed by atoms with Gasteiger partial charge in [-0.2, -0.15) is 0 Å². The van der Waals surface area contributed by atoms with Crippen molar-refractivity contribution in [1.29, 1.82) is 0 Å². The number of hydrogen-bond donors (Lipinski definition) is 0. The molecule has 182 valence electrons. The molecule has 3 rings (SSSR count). The first kappa shape index (κ1) is 26.1. The third kappa shape index (κ3) is 7.78. The highest BCUT2D eigenvalue weighted by molar-refractivity contribution is 5.72. The largest absolute Gasteiger partial charge is 0.305 e. The maximum atomic E-state index is 2.33. The second kappa shape index (κ2) is 11.8. The molecule has 0 aromatic heterocycles. The zero-order valence-electron chi connectivity index (χ0n) is 22.4. The van der Waals surface area contributed by atoms with Gasteiger partial charge < -0.3 is 19.6 Å². The number of rotatable bonds is 10. The molecule has 0 amide bonds. The van der Waals surface area contributed by atoms with Crippen LogP contribution in [-0.2, 0) is 26.2 Å². The van der Waals surface area contributed by atoms with Gasteiger partial charge in [-0.05, 0) is 125 Å². The van der Waals surface area contributed by atoms with Gasteiger partial charge in [-0.15, -0.1) is 0 Å². The van der Waals surface area contributed by atoms with Crippen molar-refractivity contribution >= 4 is 0 Å². The number of hydrogen-bond acceptors (Lipinski definition) is 4. The molecule has 0 heterocycles. The highest BCUT2D eigenvalue weighted by Crippen LogP contribution is 2.29. The van der Waals surface area contributed by atoms with Gasteiger partial charge in [0.15, 0.2) is 0 Å². The summed E-state index contributed by atoms with van der Waals surface area (Å²) in [6.45, 7) is 3.78. The Bertz CT molecular complexity index is 923. The first-order valence-corrected chi connectivity index (χ1v) is 12.0. The van der Waals surface area contributed by atoms with Crippen LogP contribution in [0.15, 0.2) is 60.7 Å². The van der Waals surface area contributed by atoms with Gasteiger partial charge in [0.25, 0.3) is 0 Å². The molecule has 34 heavy (non-hydrogen) atoms. The first-order valence-electron chi connectivity index (χ1n) is 12.0. The maximum absolute atomic E-state index is 2.33. The molecule has 0 unspecified atom stereocenters. The maximum Gasteiger partial charge on any atom is 0.0227 e. The van der Waals surface area contributed by atoms with Crippen molar-refractivity contribution in [1.82, 2.24) is 19.6 Å². The van der Waals surface area contributed by atoms with Gasteiger partial charge in [0.1, 0.15) is 0 Å². The first-order chi connectivity index (χ1) is 16.1. The summed E-state index contributed by atoms with van der Waals surface area (Å²) < 4.78 is 0. The summed E-state index contributed by atoms with van der Waals surface area (Å²) in [5.41, 5.74) is 10.5. The van der Waals surface area contributed by atoms with Crippen LogP contribution in [0, 0.1) is 0 Å². The normalized spacial score (nSPS) is 11.9. The molecule has 3 aromatic rings. The Morgan fingerprint density at radius 1 is 0.353 bits per heavy atom. The lowest BCUT2D eigenvalue weighted by Crippen LogP contribution is -2.13. The number of nitrogens with zero attached hydrogens (tertiary/aromatic N) is 4. The smallest absolute Gasteiger partial charge is 0.0227 e. The van der Waals surface area contributed by atoms with Gasteiger partial charge in [0.2, 0.25) is 0 Å². The average Bonchev–Trinajstić information content (AvgIpc) is 2.71. The van der Waals surface area contributed by atoms with Gasteiger partial charge in [-0.1, -0.05) is 36.4 Å². The summed E-state index contributed by atoms with van der Waals surface area (Å²) in [6, 6.07) is 23.1. The van der Waals surface area contributed by atoms with E-state index in [0.717, 1.165) is 26.2 Å². The Hall–Kier alpha value is -2.50. The quantitative estimate of drug-likeness (QED) is 0.410. The van der Waals surface area contributed by atoms with Crippen molar-refractivity contribution in [2.45, 2.75) is 26.2 Å². The van der Waals surface area contributed by atoms with E-state index in [9.17, 15) is 0 Å². The highest BCUT2D eigenvalue weighted by Gasteiger charge is 2.09. The molecule has 0 spiro atoms. The topological polar surface area (TPSA) is 13.0 Å². The number of benzene rings is 3. The van der Waals surface area contributed by atoms with Crippen molar-refractivity contribution in [3.63, 3.8) is 0 Å². The molecule has 4 nitrogen and oxygen atoms in total. The fraction of sp³-hybridized carbons (Fsp3) is 0.400. The molecule has 0 radical (unpaired) electrons. The van der Waals surface area contributed by atoms with Crippen LogP contribution in [0.3, 0.4) is 0 Å². The Balaban J connectivity index is 1.95. The van der Waals surface area contributed by atoms with Crippen LogP contribution >= 0.6 is 0 Å². The molecule has 0 aliphatic heterocycles. The van der Waals surface area contributed by atoms with Gasteiger partial charge >= 0.3 is 0 Å². The standard InChI is InChI=1S/C30H42N4/c1-31(2)19-23-13-24(20-32(3)4)16-29(15-23)27-9-11-28(12-10-27)30-17-25(21-33(5)6)14-26(18-30)22-34(7)8/h9-18H,19-22H2,1-8H3. The van der Waals surface area contributed by atoms with E-state index in [1.54, 1.807) is 0 Å². The zero-order valence-corrected chi connectivity index (χ0v) is 22.4. The lowest BCUT2D eigenvalue weighted by molar-refractivity contribution is 0.395. The fourth-order valence-corrected chi connectivity index (χ4v) is 4.54. The summed E-state index contributed by atoms with van der Waals surface area (Å²) in [4.78, 5) is 8.92. The van der Waals surface area contributed by atoms with Gasteiger partial charge in [-0.25, -0.2) is 0 Å². The van der Waals surface area contributed by atoms with Crippen molar-refractivity contribution in [3.8, 4) is 22.3 Å². The minimum Gasteiger partial charge on any atom is -0.305 e. The van der Waals surface area contributed by atoms with E-state index in [2.05, 4.69) is 137 Å². The highest BCUT2D eigenvalue weighted by atomic mass is 15.1. The van der Waals surface area contributed by atoms with Crippen LogP contribution in [0.1, 0.15) is 22.3 Å². The Morgan fingerprint density at radius 3 is 0.794 bits per heavy atom. The third-order valence-corrected chi connectivity index (χ3v) is 5.65. The van der Waals surface area contributed by atoms with E-state index in [1.165, 1.54) is 44.5 Å². The molecule has 0 aliphatic carbocycles. The second-order valence-corrected chi connectivity index (χ2v) is 10.6. The van der Waals surface area contributed by atoms with Crippen LogP contribution in [-0.4, -0.2) is 76.0 Å². The van der Waals surface area contributed by atoms with Gasteiger partial charge in [0, 0.05) is 26.2 Å². The minimum atomic E-state index is 0.944. The molecule has 0 aliphatic rings. The molecule has 0 atom stereocenters. The predicted molar refractivity (Wildman–Crippen MR) is 147 cm³/mol. The molecule has 0 saturated heterocycles. The lowest BCUT2D eigenvalue weighted by Gasteiger charge is -2.17. The zero-order chi connectivity index (χ0) is 24.8. The molecule has 0 bridgehead atoms. The summed E-state index contributed by atoms with van der Waals surface area (Å²) in [7, 11) is 17.0. The van der Waals surface area contributed by atoms with E-state index >= 15 is 0 Å². The molecular weight excluding hydrogens is 416 g/mol. The van der Waals surface area contributed by atoms with Crippen LogP contribution in [0.25, 0.3) is 22.3 Å². The lowest BCUT2D eigenvalue weighted by atomic mass is 9.95. The van der Waals surface area contributed by atoms with Gasteiger partial charge in [-0.3, -0.25) is 0 Å². The van der Waals surface area contributed by atoms with Crippen LogP contribution in [0.2, 0.25) is 0 Å². The van der Waals surface area contributed by atoms with E-state index in [4.69, 9.17) is 0 Å². The van der Waals surface area contributed by atoms with Crippen LogP contribution in [0.5, 0.6) is 0 Å². The van der Waals surface area contributed by atoms with Crippen molar-refractivity contribution in [2.75, 3.05) is 56.4 Å². The van der Waals surface area contributed by atoms with Crippen molar-refractivity contribution < 1.29 is 0 Å². The summed E-state index contributed by atoms with van der Waals surface area (Å²) in [5.74, 6) is 0. The van der Waals surface area contributed by atoms with E-state index in [1.807, 2.05) is 0 Å². The Kier molecular flexibility index (Phi) is 9.03. The monoisotopic (exact) mass is 458 g/mol. The molecule has 0 fully saturated rings. The summed E-state index contributed by atoms with van der Waals surface area (Å²) >= 11 is 0. The van der Waals surface area contributed by atoms with E-state index in [-0.39, 0.29) is 0 Å². The molecular formula is C30H42N4. The second-order valence-electron chi connectivity index (χ2n) is 10.6.